The predicted molar refractivity (Wildman–Crippen MR) is 84.1 cm³/mol. The van der Waals surface area contributed by atoms with Gasteiger partial charge in [-0.3, -0.25) is 0 Å². The van der Waals surface area contributed by atoms with Gasteiger partial charge in [-0.1, -0.05) is 19.9 Å². The topological polar surface area (TPSA) is 29.9 Å². The molecule has 0 spiro atoms. The third kappa shape index (κ3) is 2.59. The molecule has 1 saturated heterocycles. The molecule has 20 heavy (non-hydrogen) atoms. The smallest absolute Gasteiger partial charge is 0.112 e. The van der Waals surface area contributed by atoms with Crippen molar-refractivity contribution in [3.05, 3.63) is 29.6 Å². The summed E-state index contributed by atoms with van der Waals surface area (Å²) in [5, 5.41) is 3.50. The van der Waals surface area contributed by atoms with E-state index in [4.69, 9.17) is 4.98 Å². The molecule has 0 bridgehead atoms. The van der Waals surface area contributed by atoms with Crippen molar-refractivity contribution in [1.29, 1.82) is 0 Å². The summed E-state index contributed by atoms with van der Waals surface area (Å²) >= 11 is 0. The van der Waals surface area contributed by atoms with Crippen LogP contribution in [0.2, 0.25) is 0 Å². The molecule has 108 valence electrons. The third-order valence-corrected chi connectivity index (χ3v) is 4.42. The van der Waals surface area contributed by atoms with Gasteiger partial charge < -0.3 is 9.88 Å². The molecule has 0 radical (unpaired) electrons. The first-order valence-electron chi connectivity index (χ1n) is 7.81. The minimum Gasteiger partial charge on any atom is -0.331 e. The van der Waals surface area contributed by atoms with Gasteiger partial charge in [0.05, 0.1) is 11.0 Å². The molecule has 0 amide bonds. The molecule has 1 unspecified atom stereocenters. The van der Waals surface area contributed by atoms with Gasteiger partial charge in [-0.05, 0) is 56.0 Å². The lowest BCUT2D eigenvalue weighted by Crippen LogP contribution is -2.30. The molecule has 1 atom stereocenters. The Morgan fingerprint density at radius 2 is 2.25 bits per heavy atom. The van der Waals surface area contributed by atoms with Crippen molar-refractivity contribution in [1.82, 2.24) is 14.9 Å². The summed E-state index contributed by atoms with van der Waals surface area (Å²) in [4.78, 5) is 4.81. The van der Waals surface area contributed by atoms with E-state index in [0.717, 1.165) is 18.0 Å². The molecule has 3 rings (SSSR count). The number of imidazole rings is 1. The third-order valence-electron chi connectivity index (χ3n) is 4.42. The number of hydrogen-bond donors (Lipinski definition) is 1. The largest absolute Gasteiger partial charge is 0.331 e. The lowest BCUT2D eigenvalue weighted by atomic mass is 9.92. The van der Waals surface area contributed by atoms with Gasteiger partial charge in [0.25, 0.3) is 0 Å². The summed E-state index contributed by atoms with van der Waals surface area (Å²) in [6, 6.07) is 6.80. The number of fused-ring (bicyclic) bond motifs is 1. The van der Waals surface area contributed by atoms with Gasteiger partial charge in [-0.15, -0.1) is 0 Å². The Labute approximate surface area is 121 Å². The van der Waals surface area contributed by atoms with Crippen molar-refractivity contribution in [3.8, 4) is 0 Å². The van der Waals surface area contributed by atoms with E-state index < -0.39 is 0 Å². The van der Waals surface area contributed by atoms with E-state index in [1.165, 1.54) is 42.7 Å². The normalized spacial score (nSPS) is 19.9. The van der Waals surface area contributed by atoms with Crippen LogP contribution in [0.3, 0.4) is 0 Å². The van der Waals surface area contributed by atoms with E-state index in [2.05, 4.69) is 49.0 Å². The van der Waals surface area contributed by atoms with E-state index in [1.807, 2.05) is 0 Å². The van der Waals surface area contributed by atoms with Crippen molar-refractivity contribution < 1.29 is 0 Å². The second-order valence-corrected chi connectivity index (χ2v) is 6.42. The van der Waals surface area contributed by atoms with Crippen LogP contribution >= 0.6 is 0 Å². The van der Waals surface area contributed by atoms with E-state index in [9.17, 15) is 0 Å². The van der Waals surface area contributed by atoms with Gasteiger partial charge in [0.15, 0.2) is 0 Å². The van der Waals surface area contributed by atoms with E-state index in [-0.39, 0.29) is 0 Å². The van der Waals surface area contributed by atoms with Crippen LogP contribution < -0.4 is 5.32 Å². The monoisotopic (exact) mass is 271 g/mol. The van der Waals surface area contributed by atoms with Gasteiger partial charge in [0.2, 0.25) is 0 Å². The summed E-state index contributed by atoms with van der Waals surface area (Å²) in [5.74, 6) is 2.43. The number of benzene rings is 1. The van der Waals surface area contributed by atoms with Crippen molar-refractivity contribution in [2.24, 2.45) is 13.0 Å². The summed E-state index contributed by atoms with van der Waals surface area (Å²) in [7, 11) is 2.12. The summed E-state index contributed by atoms with van der Waals surface area (Å²) in [6.07, 6.45) is 3.84. The molecule has 1 aliphatic rings. The zero-order valence-electron chi connectivity index (χ0n) is 12.8. The predicted octanol–water partition coefficient (Wildman–Crippen LogP) is 3.24. The van der Waals surface area contributed by atoms with Crippen LogP contribution in [0.1, 0.15) is 44.0 Å². The Kier molecular flexibility index (Phi) is 3.79. The maximum Gasteiger partial charge on any atom is 0.112 e. The number of aryl methyl sites for hydroxylation is 1. The standard InChI is InChI=1S/C17H25N3/c1-12(2)17-19-15-10-13(6-7-16(15)20(17)3)9-14-5-4-8-18-11-14/h6-7,10,12,14,18H,4-5,8-9,11H2,1-3H3. The maximum absolute atomic E-state index is 4.81. The second-order valence-electron chi connectivity index (χ2n) is 6.42. The fraction of sp³-hybridized carbons (Fsp3) is 0.588. The summed E-state index contributed by atoms with van der Waals surface area (Å²) in [5.41, 5.74) is 3.83. The first-order valence-corrected chi connectivity index (χ1v) is 7.81. The van der Waals surface area contributed by atoms with Crippen molar-refractivity contribution in [3.63, 3.8) is 0 Å². The minimum absolute atomic E-state index is 0.471. The molecule has 1 N–H and O–H groups in total. The average molecular weight is 271 g/mol. The number of hydrogen-bond acceptors (Lipinski definition) is 2. The first-order chi connectivity index (χ1) is 9.65. The van der Waals surface area contributed by atoms with E-state index in [1.54, 1.807) is 0 Å². The van der Waals surface area contributed by atoms with Gasteiger partial charge in [0.1, 0.15) is 5.82 Å². The molecule has 3 nitrogen and oxygen atoms in total. The van der Waals surface area contributed by atoms with Crippen LogP contribution in [0.15, 0.2) is 18.2 Å². The molecule has 1 fully saturated rings. The van der Waals surface area contributed by atoms with E-state index in [0.29, 0.717) is 5.92 Å². The first kappa shape index (κ1) is 13.6. The molecular weight excluding hydrogens is 246 g/mol. The van der Waals surface area contributed by atoms with Crippen LogP contribution in [0.4, 0.5) is 0 Å². The van der Waals surface area contributed by atoms with Crippen LogP contribution in [0.25, 0.3) is 11.0 Å². The SMILES string of the molecule is CC(C)c1nc2cc(CC3CCCNC3)ccc2n1C. The van der Waals surface area contributed by atoms with Crippen LogP contribution in [-0.2, 0) is 13.5 Å². The molecule has 1 aromatic heterocycles. The number of nitrogens with zero attached hydrogens (tertiary/aromatic N) is 2. The number of rotatable bonds is 3. The van der Waals surface area contributed by atoms with E-state index >= 15 is 0 Å². The van der Waals surface area contributed by atoms with Crippen LogP contribution in [0, 0.1) is 5.92 Å². The minimum atomic E-state index is 0.471. The Balaban J connectivity index is 1.86. The summed E-state index contributed by atoms with van der Waals surface area (Å²) < 4.78 is 2.23. The highest BCUT2D eigenvalue weighted by Crippen LogP contribution is 2.23. The average Bonchev–Trinajstić information content (AvgIpc) is 2.77. The highest BCUT2D eigenvalue weighted by atomic mass is 15.1. The zero-order chi connectivity index (χ0) is 14.1. The molecule has 1 aliphatic heterocycles. The van der Waals surface area contributed by atoms with Gasteiger partial charge in [-0.25, -0.2) is 4.98 Å². The highest BCUT2D eigenvalue weighted by molar-refractivity contribution is 5.77. The Hall–Kier alpha value is -1.35. The van der Waals surface area contributed by atoms with Gasteiger partial charge in [-0.2, -0.15) is 0 Å². The Morgan fingerprint density at radius 3 is 2.95 bits per heavy atom. The summed E-state index contributed by atoms with van der Waals surface area (Å²) in [6.45, 7) is 6.76. The lowest BCUT2D eigenvalue weighted by molar-refractivity contribution is 0.376. The Bertz CT molecular complexity index is 592. The molecule has 3 heteroatoms. The van der Waals surface area contributed by atoms with Crippen LogP contribution in [-0.4, -0.2) is 22.6 Å². The molecule has 0 saturated carbocycles. The second kappa shape index (κ2) is 5.57. The molecule has 1 aromatic carbocycles. The fourth-order valence-electron chi connectivity index (χ4n) is 3.34. The fourth-order valence-corrected chi connectivity index (χ4v) is 3.34. The zero-order valence-corrected chi connectivity index (χ0v) is 12.8. The quantitative estimate of drug-likeness (QED) is 0.929. The van der Waals surface area contributed by atoms with Crippen LogP contribution in [0.5, 0.6) is 0 Å². The number of piperidine rings is 1. The van der Waals surface area contributed by atoms with Crippen molar-refractivity contribution >= 4 is 11.0 Å². The molecule has 2 heterocycles. The Morgan fingerprint density at radius 1 is 1.40 bits per heavy atom. The highest BCUT2D eigenvalue weighted by Gasteiger charge is 2.15. The van der Waals surface area contributed by atoms with Gasteiger partial charge in [0, 0.05) is 13.0 Å². The van der Waals surface area contributed by atoms with Crippen molar-refractivity contribution in [2.45, 2.75) is 39.0 Å². The molecule has 2 aromatic rings. The van der Waals surface area contributed by atoms with Crippen molar-refractivity contribution in [2.75, 3.05) is 13.1 Å². The molecular formula is C17H25N3. The number of nitrogens with one attached hydrogen (secondary N) is 1. The lowest BCUT2D eigenvalue weighted by Gasteiger charge is -2.22. The maximum atomic E-state index is 4.81. The molecule has 0 aliphatic carbocycles. The number of aromatic nitrogens is 2. The van der Waals surface area contributed by atoms with Gasteiger partial charge >= 0.3 is 0 Å².